The fourth-order valence-corrected chi connectivity index (χ4v) is 2.73. The number of ether oxygens (including phenoxy) is 1. The van der Waals surface area contributed by atoms with Crippen LogP contribution in [0.25, 0.3) is 0 Å². The van der Waals surface area contributed by atoms with Crippen molar-refractivity contribution >= 4 is 11.9 Å². The molecule has 3 rings (SSSR count). The molecule has 128 valence electrons. The molecule has 1 aromatic heterocycles. The number of halogens is 2. The highest BCUT2D eigenvalue weighted by molar-refractivity contribution is 5.94. The second-order valence-corrected chi connectivity index (χ2v) is 5.52. The van der Waals surface area contributed by atoms with Crippen LogP contribution in [0.3, 0.4) is 0 Å². The highest BCUT2D eigenvalue weighted by atomic mass is 19.3. The summed E-state index contributed by atoms with van der Waals surface area (Å²) in [4.78, 5) is 20.7. The number of aromatic nitrogens is 2. The molecule has 0 atom stereocenters. The first-order chi connectivity index (χ1) is 11.5. The van der Waals surface area contributed by atoms with E-state index < -0.39 is 6.61 Å². The van der Waals surface area contributed by atoms with Gasteiger partial charge in [0.1, 0.15) is 5.75 Å². The molecule has 1 amide bonds. The molecular formula is C16H18F2N4O2. The number of amides is 1. The van der Waals surface area contributed by atoms with Gasteiger partial charge in [-0.1, -0.05) is 0 Å². The topological polar surface area (TPSA) is 50.6 Å². The predicted molar refractivity (Wildman–Crippen MR) is 84.4 cm³/mol. The van der Waals surface area contributed by atoms with Crippen LogP contribution in [0.4, 0.5) is 14.7 Å². The highest BCUT2D eigenvalue weighted by Crippen LogP contribution is 2.18. The van der Waals surface area contributed by atoms with Gasteiger partial charge in [0.05, 0.1) is 0 Å². The predicted octanol–water partition coefficient (Wildman–Crippen LogP) is 1.98. The van der Waals surface area contributed by atoms with Gasteiger partial charge in [0.2, 0.25) is 5.95 Å². The molecule has 1 aromatic carbocycles. The molecule has 1 saturated heterocycles. The van der Waals surface area contributed by atoms with Crippen molar-refractivity contribution < 1.29 is 18.3 Å². The summed E-state index contributed by atoms with van der Waals surface area (Å²) < 4.78 is 30.5. The summed E-state index contributed by atoms with van der Waals surface area (Å²) in [7, 11) is 1.93. The van der Waals surface area contributed by atoms with Crippen LogP contribution < -0.4 is 9.64 Å². The first-order valence-corrected chi connectivity index (χ1v) is 7.61. The van der Waals surface area contributed by atoms with E-state index in [9.17, 15) is 13.6 Å². The number of carbonyl (C=O) groups excluding carboxylic acids is 1. The number of carbonyl (C=O) groups is 1. The van der Waals surface area contributed by atoms with Crippen molar-refractivity contribution in [2.75, 3.05) is 31.1 Å². The van der Waals surface area contributed by atoms with Gasteiger partial charge in [-0.3, -0.25) is 4.79 Å². The monoisotopic (exact) mass is 336 g/mol. The van der Waals surface area contributed by atoms with E-state index in [4.69, 9.17) is 0 Å². The number of anilines is 1. The standard InChI is InChI=1S/C16H18F2N4O2/c1-20-7-6-19-16(20)22-10-8-21(9-11-22)14(23)12-2-4-13(5-3-12)24-15(17)18/h2-7,15H,8-11H2,1H3. The van der Waals surface area contributed by atoms with Gasteiger partial charge in [-0.2, -0.15) is 8.78 Å². The van der Waals surface area contributed by atoms with E-state index >= 15 is 0 Å². The summed E-state index contributed by atoms with van der Waals surface area (Å²) in [5, 5.41) is 0. The Balaban J connectivity index is 1.60. The van der Waals surface area contributed by atoms with Crippen LogP contribution in [-0.2, 0) is 7.05 Å². The molecule has 0 aliphatic carbocycles. The Bertz CT molecular complexity index is 694. The highest BCUT2D eigenvalue weighted by Gasteiger charge is 2.23. The Labute approximate surface area is 138 Å². The van der Waals surface area contributed by atoms with Crippen LogP contribution in [0.5, 0.6) is 5.75 Å². The smallest absolute Gasteiger partial charge is 0.387 e. The first-order valence-electron chi connectivity index (χ1n) is 7.61. The molecule has 0 bridgehead atoms. The largest absolute Gasteiger partial charge is 0.435 e. The molecule has 8 heteroatoms. The normalized spacial score (nSPS) is 15.0. The van der Waals surface area contributed by atoms with Gasteiger partial charge in [0.15, 0.2) is 0 Å². The minimum Gasteiger partial charge on any atom is -0.435 e. The molecule has 0 saturated carbocycles. The zero-order chi connectivity index (χ0) is 17.1. The summed E-state index contributed by atoms with van der Waals surface area (Å²) in [6, 6.07) is 5.77. The van der Waals surface area contributed by atoms with Crippen molar-refractivity contribution in [1.29, 1.82) is 0 Å². The Morgan fingerprint density at radius 3 is 2.38 bits per heavy atom. The third kappa shape index (κ3) is 3.47. The minimum atomic E-state index is -2.87. The van der Waals surface area contributed by atoms with Crippen LogP contribution in [0.1, 0.15) is 10.4 Å². The van der Waals surface area contributed by atoms with E-state index in [-0.39, 0.29) is 11.7 Å². The summed E-state index contributed by atoms with van der Waals surface area (Å²) >= 11 is 0. The molecule has 0 unspecified atom stereocenters. The molecule has 2 aromatic rings. The third-order valence-electron chi connectivity index (χ3n) is 3.97. The Kier molecular flexibility index (Phi) is 4.64. The molecular weight excluding hydrogens is 318 g/mol. The molecule has 2 heterocycles. The van der Waals surface area contributed by atoms with Crippen LogP contribution in [-0.4, -0.2) is 53.1 Å². The summed E-state index contributed by atoms with van der Waals surface area (Å²) in [5.41, 5.74) is 0.460. The van der Waals surface area contributed by atoms with Gasteiger partial charge in [0, 0.05) is 51.2 Å². The molecule has 24 heavy (non-hydrogen) atoms. The zero-order valence-corrected chi connectivity index (χ0v) is 13.2. The Morgan fingerprint density at radius 2 is 1.83 bits per heavy atom. The van der Waals surface area contributed by atoms with E-state index in [1.807, 2.05) is 17.8 Å². The number of imidazole rings is 1. The number of hydrogen-bond donors (Lipinski definition) is 0. The van der Waals surface area contributed by atoms with Crippen LogP contribution in [0.15, 0.2) is 36.7 Å². The SMILES string of the molecule is Cn1ccnc1N1CCN(C(=O)c2ccc(OC(F)F)cc2)CC1. The van der Waals surface area contributed by atoms with Gasteiger partial charge in [-0.05, 0) is 24.3 Å². The van der Waals surface area contributed by atoms with Crippen molar-refractivity contribution in [2.45, 2.75) is 6.61 Å². The average molecular weight is 336 g/mol. The Morgan fingerprint density at radius 1 is 1.17 bits per heavy atom. The van der Waals surface area contributed by atoms with Crippen LogP contribution in [0.2, 0.25) is 0 Å². The lowest BCUT2D eigenvalue weighted by atomic mass is 10.1. The van der Waals surface area contributed by atoms with Crippen molar-refractivity contribution in [3.05, 3.63) is 42.2 Å². The molecule has 1 aliphatic heterocycles. The van der Waals surface area contributed by atoms with Crippen molar-refractivity contribution in [2.24, 2.45) is 7.05 Å². The van der Waals surface area contributed by atoms with Crippen molar-refractivity contribution in [1.82, 2.24) is 14.5 Å². The number of benzene rings is 1. The number of aryl methyl sites for hydroxylation is 1. The second kappa shape index (κ2) is 6.86. The van der Waals surface area contributed by atoms with Gasteiger partial charge in [0.25, 0.3) is 5.91 Å². The lowest BCUT2D eigenvalue weighted by Gasteiger charge is -2.35. The fraction of sp³-hybridized carbons (Fsp3) is 0.375. The average Bonchev–Trinajstić information content (AvgIpc) is 3.00. The minimum absolute atomic E-state index is 0.0427. The fourth-order valence-electron chi connectivity index (χ4n) is 2.73. The van der Waals surface area contributed by atoms with E-state index in [2.05, 4.69) is 14.6 Å². The van der Waals surface area contributed by atoms with Gasteiger partial charge < -0.3 is 19.1 Å². The van der Waals surface area contributed by atoms with Gasteiger partial charge in [-0.15, -0.1) is 0 Å². The van der Waals surface area contributed by atoms with Gasteiger partial charge >= 0.3 is 6.61 Å². The second-order valence-electron chi connectivity index (χ2n) is 5.52. The van der Waals surface area contributed by atoms with Crippen LogP contribution in [0, 0.1) is 0 Å². The molecule has 0 N–H and O–H groups in total. The Hall–Kier alpha value is -2.64. The number of rotatable bonds is 4. The number of alkyl halides is 2. The third-order valence-corrected chi connectivity index (χ3v) is 3.97. The van der Waals surface area contributed by atoms with E-state index in [0.29, 0.717) is 31.7 Å². The summed E-state index contributed by atoms with van der Waals surface area (Å²) in [6.45, 7) is -0.306. The maximum Gasteiger partial charge on any atom is 0.387 e. The summed E-state index contributed by atoms with van der Waals surface area (Å²) in [6.07, 6.45) is 3.63. The van der Waals surface area contributed by atoms with Crippen LogP contribution >= 0.6 is 0 Å². The molecule has 6 nitrogen and oxygen atoms in total. The molecule has 1 fully saturated rings. The zero-order valence-electron chi connectivity index (χ0n) is 13.2. The number of nitrogens with zero attached hydrogens (tertiary/aromatic N) is 4. The molecule has 0 radical (unpaired) electrons. The molecule has 0 spiro atoms. The van der Waals surface area contributed by atoms with E-state index in [1.165, 1.54) is 24.3 Å². The van der Waals surface area contributed by atoms with E-state index in [0.717, 1.165) is 5.95 Å². The van der Waals surface area contributed by atoms with Crippen molar-refractivity contribution in [3.63, 3.8) is 0 Å². The quantitative estimate of drug-likeness (QED) is 0.857. The number of piperazine rings is 1. The lowest BCUT2D eigenvalue weighted by Crippen LogP contribution is -2.49. The number of hydrogen-bond acceptors (Lipinski definition) is 4. The lowest BCUT2D eigenvalue weighted by molar-refractivity contribution is -0.0498. The van der Waals surface area contributed by atoms with E-state index in [1.54, 1.807) is 11.1 Å². The van der Waals surface area contributed by atoms with Gasteiger partial charge in [-0.25, -0.2) is 4.98 Å². The molecule has 1 aliphatic rings. The first kappa shape index (κ1) is 16.2. The van der Waals surface area contributed by atoms with Crippen molar-refractivity contribution in [3.8, 4) is 5.75 Å². The maximum atomic E-state index is 12.5. The maximum absolute atomic E-state index is 12.5. The summed E-state index contributed by atoms with van der Waals surface area (Å²) in [5.74, 6) is 0.815.